The van der Waals surface area contributed by atoms with Gasteiger partial charge in [0.1, 0.15) is 4.90 Å². The fourth-order valence-electron chi connectivity index (χ4n) is 1.38. The summed E-state index contributed by atoms with van der Waals surface area (Å²) >= 11 is 11.7. The van der Waals surface area contributed by atoms with Crippen LogP contribution in [0, 0.1) is 0 Å². The second-order valence-electron chi connectivity index (χ2n) is 3.56. The molecule has 2 aromatic rings. The van der Waals surface area contributed by atoms with E-state index in [0.29, 0.717) is 16.6 Å². The van der Waals surface area contributed by atoms with Crippen molar-refractivity contribution in [2.45, 2.75) is 11.4 Å². The molecule has 0 aliphatic heterocycles. The zero-order valence-electron chi connectivity index (χ0n) is 8.85. The molecular formula is C10H7Cl3N2O2S. The monoisotopic (exact) mass is 324 g/mol. The summed E-state index contributed by atoms with van der Waals surface area (Å²) in [6.07, 6.45) is 2.55. The Balaban J connectivity index is 2.24. The van der Waals surface area contributed by atoms with Crippen LogP contribution in [0.5, 0.6) is 0 Å². The van der Waals surface area contributed by atoms with Gasteiger partial charge in [-0.25, -0.2) is 8.42 Å². The van der Waals surface area contributed by atoms with Gasteiger partial charge in [0, 0.05) is 16.9 Å². The summed E-state index contributed by atoms with van der Waals surface area (Å²) in [5.41, 5.74) is 0.853. The molecule has 2 rings (SSSR count). The molecule has 8 heteroatoms. The summed E-state index contributed by atoms with van der Waals surface area (Å²) in [5, 5.41) is 4.81. The summed E-state index contributed by atoms with van der Waals surface area (Å²) in [6, 6.07) is 5.15. The van der Waals surface area contributed by atoms with E-state index in [1.807, 2.05) is 0 Å². The first-order chi connectivity index (χ1) is 8.36. The highest BCUT2D eigenvalue weighted by Crippen LogP contribution is 2.23. The average Bonchev–Trinajstić information content (AvgIpc) is 2.72. The second kappa shape index (κ2) is 5.09. The third-order valence-electron chi connectivity index (χ3n) is 2.22. The van der Waals surface area contributed by atoms with Crippen LogP contribution in [-0.4, -0.2) is 18.2 Å². The Kier molecular flexibility index (Phi) is 3.87. The van der Waals surface area contributed by atoms with E-state index in [9.17, 15) is 8.42 Å². The van der Waals surface area contributed by atoms with Gasteiger partial charge in [0.05, 0.1) is 22.8 Å². The Morgan fingerprint density at radius 2 is 1.94 bits per heavy atom. The first-order valence-electron chi connectivity index (χ1n) is 4.77. The van der Waals surface area contributed by atoms with Crippen molar-refractivity contribution in [3.8, 4) is 0 Å². The Morgan fingerprint density at radius 3 is 2.50 bits per heavy atom. The molecule has 1 heterocycles. The van der Waals surface area contributed by atoms with Crippen LogP contribution in [0.25, 0.3) is 0 Å². The topological polar surface area (TPSA) is 52.0 Å². The van der Waals surface area contributed by atoms with Crippen LogP contribution in [0.1, 0.15) is 5.56 Å². The molecule has 0 N–H and O–H groups in total. The molecule has 0 aliphatic carbocycles. The van der Waals surface area contributed by atoms with Gasteiger partial charge < -0.3 is 0 Å². The van der Waals surface area contributed by atoms with Crippen LogP contribution in [0.2, 0.25) is 10.0 Å². The van der Waals surface area contributed by atoms with E-state index >= 15 is 0 Å². The standard InChI is InChI=1S/C10H7Cl3N2O2S/c11-9-2-1-7(3-10(9)12)5-15-6-8(4-14-15)18(13,16)17/h1-4,6H,5H2. The van der Waals surface area contributed by atoms with Gasteiger partial charge in [0.15, 0.2) is 0 Å². The van der Waals surface area contributed by atoms with Gasteiger partial charge in [-0.05, 0) is 17.7 Å². The number of benzene rings is 1. The molecule has 1 aromatic carbocycles. The maximum atomic E-state index is 11.1. The number of nitrogens with zero attached hydrogens (tertiary/aromatic N) is 2. The molecule has 0 radical (unpaired) electrons. The van der Waals surface area contributed by atoms with Crippen molar-refractivity contribution in [2.75, 3.05) is 0 Å². The largest absolute Gasteiger partial charge is 0.267 e. The van der Waals surface area contributed by atoms with Crippen molar-refractivity contribution in [1.82, 2.24) is 9.78 Å². The van der Waals surface area contributed by atoms with Gasteiger partial charge in [0.2, 0.25) is 0 Å². The number of aromatic nitrogens is 2. The summed E-state index contributed by atoms with van der Waals surface area (Å²) in [4.78, 5) is -0.0378. The van der Waals surface area contributed by atoms with Gasteiger partial charge in [0.25, 0.3) is 9.05 Å². The fraction of sp³-hybridized carbons (Fsp3) is 0.100. The van der Waals surface area contributed by atoms with E-state index in [1.54, 1.807) is 18.2 Å². The molecule has 0 aliphatic rings. The van der Waals surface area contributed by atoms with Crippen molar-refractivity contribution in [3.63, 3.8) is 0 Å². The SMILES string of the molecule is O=S(=O)(Cl)c1cnn(Cc2ccc(Cl)c(Cl)c2)c1. The van der Waals surface area contributed by atoms with E-state index < -0.39 is 9.05 Å². The van der Waals surface area contributed by atoms with E-state index in [4.69, 9.17) is 33.9 Å². The molecule has 0 saturated carbocycles. The Hall–Kier alpha value is -0.750. The van der Waals surface area contributed by atoms with Crippen LogP contribution in [0.3, 0.4) is 0 Å². The Bertz CT molecular complexity index is 682. The van der Waals surface area contributed by atoms with Crippen molar-refractivity contribution in [1.29, 1.82) is 0 Å². The second-order valence-corrected chi connectivity index (χ2v) is 6.94. The zero-order valence-corrected chi connectivity index (χ0v) is 11.9. The third-order valence-corrected chi connectivity index (χ3v) is 4.27. The van der Waals surface area contributed by atoms with Gasteiger partial charge >= 0.3 is 0 Å². The molecule has 0 atom stereocenters. The van der Waals surface area contributed by atoms with Gasteiger partial charge in [-0.3, -0.25) is 4.68 Å². The number of hydrogen-bond acceptors (Lipinski definition) is 3. The molecule has 0 fully saturated rings. The van der Waals surface area contributed by atoms with Crippen LogP contribution < -0.4 is 0 Å². The molecule has 0 spiro atoms. The molecule has 1 aromatic heterocycles. The van der Waals surface area contributed by atoms with Crippen LogP contribution in [0.15, 0.2) is 35.5 Å². The highest BCUT2D eigenvalue weighted by molar-refractivity contribution is 8.13. The van der Waals surface area contributed by atoms with Gasteiger partial charge in [-0.2, -0.15) is 5.10 Å². The zero-order chi connectivity index (χ0) is 13.3. The van der Waals surface area contributed by atoms with Crippen LogP contribution in [-0.2, 0) is 15.6 Å². The smallest absolute Gasteiger partial charge is 0.264 e. The van der Waals surface area contributed by atoms with E-state index in [2.05, 4.69) is 5.10 Å². The van der Waals surface area contributed by atoms with Crippen LogP contribution >= 0.6 is 33.9 Å². The minimum absolute atomic E-state index is 0.0378. The Labute approximate surface area is 118 Å². The number of hydrogen-bond donors (Lipinski definition) is 0. The quantitative estimate of drug-likeness (QED) is 0.815. The molecule has 18 heavy (non-hydrogen) atoms. The summed E-state index contributed by atoms with van der Waals surface area (Å²) in [7, 11) is 1.45. The molecule has 0 unspecified atom stereocenters. The molecule has 0 amide bonds. The molecule has 4 nitrogen and oxygen atoms in total. The van der Waals surface area contributed by atoms with Crippen molar-refractivity contribution in [3.05, 3.63) is 46.2 Å². The lowest BCUT2D eigenvalue weighted by atomic mass is 10.2. The predicted molar refractivity (Wildman–Crippen MR) is 70.8 cm³/mol. The summed E-state index contributed by atoms with van der Waals surface area (Å²) in [6.45, 7) is 0.378. The van der Waals surface area contributed by atoms with E-state index in [1.165, 1.54) is 17.1 Å². The van der Waals surface area contributed by atoms with Crippen LogP contribution in [0.4, 0.5) is 0 Å². The lowest BCUT2D eigenvalue weighted by Crippen LogP contribution is -1.99. The minimum Gasteiger partial charge on any atom is -0.267 e. The van der Waals surface area contributed by atoms with Crippen molar-refractivity contribution in [2.24, 2.45) is 0 Å². The molecular weight excluding hydrogens is 319 g/mol. The Morgan fingerprint density at radius 1 is 1.22 bits per heavy atom. The first-order valence-corrected chi connectivity index (χ1v) is 7.84. The molecule has 96 valence electrons. The van der Waals surface area contributed by atoms with Gasteiger partial charge in [-0.15, -0.1) is 0 Å². The molecule has 0 bridgehead atoms. The maximum Gasteiger partial charge on any atom is 0.264 e. The van der Waals surface area contributed by atoms with Crippen molar-refractivity contribution >= 4 is 42.9 Å². The van der Waals surface area contributed by atoms with Gasteiger partial charge in [-0.1, -0.05) is 29.3 Å². The lowest BCUT2D eigenvalue weighted by Gasteiger charge is -2.03. The average molecular weight is 326 g/mol. The third kappa shape index (κ3) is 3.17. The van der Waals surface area contributed by atoms with Crippen molar-refractivity contribution < 1.29 is 8.42 Å². The normalized spacial score (nSPS) is 11.7. The fourth-order valence-corrected chi connectivity index (χ4v) is 2.36. The summed E-state index contributed by atoms with van der Waals surface area (Å²) in [5.74, 6) is 0. The maximum absolute atomic E-state index is 11.1. The molecule has 0 saturated heterocycles. The van der Waals surface area contributed by atoms with E-state index in [0.717, 1.165) is 5.56 Å². The highest BCUT2D eigenvalue weighted by Gasteiger charge is 2.12. The summed E-state index contributed by atoms with van der Waals surface area (Å²) < 4.78 is 23.6. The predicted octanol–water partition coefficient (Wildman–Crippen LogP) is 3.17. The van der Waals surface area contributed by atoms with E-state index in [-0.39, 0.29) is 4.90 Å². The number of rotatable bonds is 3. The minimum atomic E-state index is -3.75. The lowest BCUT2D eigenvalue weighted by molar-refractivity contribution is 0.609. The first kappa shape index (κ1) is 13.7. The number of halogens is 3. The highest BCUT2D eigenvalue weighted by atomic mass is 35.7.